The van der Waals surface area contributed by atoms with Crippen LogP contribution in [0.1, 0.15) is 28.0 Å². The van der Waals surface area contributed by atoms with Gasteiger partial charge >= 0.3 is 0 Å². The van der Waals surface area contributed by atoms with Crippen LogP contribution in [0, 0.1) is 6.92 Å². The second-order valence-corrected chi connectivity index (χ2v) is 6.02. The van der Waals surface area contributed by atoms with Gasteiger partial charge in [0, 0.05) is 30.9 Å². The van der Waals surface area contributed by atoms with Gasteiger partial charge in [-0.2, -0.15) is 0 Å². The Labute approximate surface area is 167 Å². The maximum absolute atomic E-state index is 12.7. The van der Waals surface area contributed by atoms with Crippen LogP contribution in [0.5, 0.6) is 5.75 Å². The van der Waals surface area contributed by atoms with Crippen molar-refractivity contribution in [2.24, 2.45) is 0 Å². The SMILES string of the molecule is Cc1ccc(OCc2cccc(C(=O)N3CCCNCC3)c2)cn1.Cl.Cl. The van der Waals surface area contributed by atoms with E-state index in [9.17, 15) is 4.79 Å². The molecule has 1 aliphatic rings. The van der Waals surface area contributed by atoms with Crippen molar-refractivity contribution >= 4 is 30.7 Å². The van der Waals surface area contributed by atoms with Crippen LogP contribution < -0.4 is 10.1 Å². The van der Waals surface area contributed by atoms with E-state index in [0.29, 0.717) is 6.61 Å². The molecule has 0 atom stereocenters. The van der Waals surface area contributed by atoms with Gasteiger partial charge < -0.3 is 15.0 Å². The molecule has 26 heavy (non-hydrogen) atoms. The van der Waals surface area contributed by atoms with Crippen LogP contribution in [0.15, 0.2) is 42.6 Å². The molecule has 1 aromatic carbocycles. The van der Waals surface area contributed by atoms with Gasteiger partial charge in [0.25, 0.3) is 5.91 Å². The summed E-state index contributed by atoms with van der Waals surface area (Å²) in [5.41, 5.74) is 2.66. The molecule has 1 aromatic heterocycles. The summed E-state index contributed by atoms with van der Waals surface area (Å²) in [6.07, 6.45) is 2.71. The topological polar surface area (TPSA) is 54.5 Å². The molecule has 0 aliphatic carbocycles. The van der Waals surface area contributed by atoms with Crippen molar-refractivity contribution in [2.45, 2.75) is 20.0 Å². The number of hydrogen-bond acceptors (Lipinski definition) is 4. The molecular weight excluding hydrogens is 373 g/mol. The standard InChI is InChI=1S/C19H23N3O2.2ClH/c1-15-6-7-18(13-21-15)24-14-16-4-2-5-17(12-16)19(23)22-10-3-8-20-9-11-22;;/h2,4-7,12-13,20H,3,8-11,14H2,1H3;2*1H. The Morgan fingerprint density at radius 3 is 2.81 bits per heavy atom. The fraction of sp³-hybridized carbons (Fsp3) is 0.368. The lowest BCUT2D eigenvalue weighted by atomic mass is 10.1. The van der Waals surface area contributed by atoms with Crippen molar-refractivity contribution in [1.29, 1.82) is 0 Å². The van der Waals surface area contributed by atoms with Crippen LogP contribution in [-0.4, -0.2) is 42.0 Å². The Morgan fingerprint density at radius 2 is 2.04 bits per heavy atom. The van der Waals surface area contributed by atoms with Gasteiger partial charge in [0.1, 0.15) is 12.4 Å². The maximum atomic E-state index is 12.7. The van der Waals surface area contributed by atoms with Gasteiger partial charge in [-0.15, -0.1) is 24.8 Å². The lowest BCUT2D eigenvalue weighted by Gasteiger charge is -2.20. The highest BCUT2D eigenvalue weighted by Crippen LogP contribution is 2.14. The minimum atomic E-state index is 0. The molecule has 3 rings (SSSR count). The summed E-state index contributed by atoms with van der Waals surface area (Å²) >= 11 is 0. The first-order chi connectivity index (χ1) is 11.7. The maximum Gasteiger partial charge on any atom is 0.253 e. The van der Waals surface area contributed by atoms with Crippen molar-refractivity contribution in [3.05, 3.63) is 59.4 Å². The normalized spacial score (nSPS) is 13.8. The first kappa shape index (κ1) is 22.2. The van der Waals surface area contributed by atoms with Crippen LogP contribution in [-0.2, 0) is 6.61 Å². The Morgan fingerprint density at radius 1 is 1.19 bits per heavy atom. The Balaban J connectivity index is 0.00000169. The molecule has 0 saturated carbocycles. The molecule has 142 valence electrons. The summed E-state index contributed by atoms with van der Waals surface area (Å²) in [5.74, 6) is 0.827. The van der Waals surface area contributed by atoms with Crippen LogP contribution in [0.2, 0.25) is 0 Å². The predicted octanol–water partition coefficient (Wildman–Crippen LogP) is 3.25. The van der Waals surface area contributed by atoms with Crippen molar-refractivity contribution in [3.8, 4) is 5.75 Å². The number of ether oxygens (including phenoxy) is 1. The van der Waals surface area contributed by atoms with Gasteiger partial charge in [0.05, 0.1) is 6.20 Å². The van der Waals surface area contributed by atoms with E-state index >= 15 is 0 Å². The van der Waals surface area contributed by atoms with Gasteiger partial charge in [-0.05, 0) is 49.7 Å². The lowest BCUT2D eigenvalue weighted by molar-refractivity contribution is 0.0766. The third-order valence-corrected chi connectivity index (χ3v) is 4.09. The fourth-order valence-electron chi connectivity index (χ4n) is 2.73. The summed E-state index contributed by atoms with van der Waals surface area (Å²) in [5, 5.41) is 3.32. The van der Waals surface area contributed by atoms with Crippen LogP contribution in [0.4, 0.5) is 0 Å². The number of rotatable bonds is 4. The summed E-state index contributed by atoms with van der Waals surface area (Å²) < 4.78 is 5.75. The molecular formula is C19H25Cl2N3O2. The number of aryl methyl sites for hydroxylation is 1. The molecule has 0 radical (unpaired) electrons. The molecule has 1 saturated heterocycles. The van der Waals surface area contributed by atoms with E-state index in [4.69, 9.17) is 4.74 Å². The number of pyridine rings is 1. The molecule has 7 heteroatoms. The zero-order valence-corrected chi connectivity index (χ0v) is 16.4. The third kappa shape index (κ3) is 6.16. The number of aromatic nitrogens is 1. The highest BCUT2D eigenvalue weighted by atomic mass is 35.5. The van der Waals surface area contributed by atoms with Crippen LogP contribution >= 0.6 is 24.8 Å². The predicted molar refractivity (Wildman–Crippen MR) is 108 cm³/mol. The van der Waals surface area contributed by atoms with Crippen LogP contribution in [0.25, 0.3) is 0 Å². The number of amides is 1. The van der Waals surface area contributed by atoms with E-state index in [1.54, 1.807) is 6.20 Å². The molecule has 1 aliphatic heterocycles. The number of hydrogen-bond donors (Lipinski definition) is 1. The average Bonchev–Trinajstić information content (AvgIpc) is 2.90. The summed E-state index contributed by atoms with van der Waals surface area (Å²) in [6, 6.07) is 11.5. The highest BCUT2D eigenvalue weighted by molar-refractivity contribution is 5.94. The van der Waals surface area contributed by atoms with Crippen molar-refractivity contribution in [1.82, 2.24) is 15.2 Å². The number of carbonyl (C=O) groups is 1. The summed E-state index contributed by atoms with van der Waals surface area (Å²) in [6.45, 7) is 5.76. The van der Waals surface area contributed by atoms with E-state index in [-0.39, 0.29) is 30.7 Å². The quantitative estimate of drug-likeness (QED) is 0.859. The molecule has 1 fully saturated rings. The molecule has 2 heterocycles. The highest BCUT2D eigenvalue weighted by Gasteiger charge is 2.17. The van der Waals surface area contributed by atoms with Gasteiger partial charge in [0.15, 0.2) is 0 Å². The minimum absolute atomic E-state index is 0. The molecule has 5 nitrogen and oxygen atoms in total. The summed E-state index contributed by atoms with van der Waals surface area (Å²) in [7, 11) is 0. The summed E-state index contributed by atoms with van der Waals surface area (Å²) in [4.78, 5) is 18.8. The van der Waals surface area contributed by atoms with Gasteiger partial charge in [0.2, 0.25) is 0 Å². The number of nitrogens with zero attached hydrogens (tertiary/aromatic N) is 2. The second-order valence-electron chi connectivity index (χ2n) is 6.02. The number of halogens is 2. The second kappa shape index (κ2) is 11.0. The largest absolute Gasteiger partial charge is 0.487 e. The number of nitrogens with one attached hydrogen (secondary N) is 1. The third-order valence-electron chi connectivity index (χ3n) is 4.09. The Kier molecular flexibility index (Phi) is 9.41. The van der Waals surface area contributed by atoms with E-state index in [2.05, 4.69) is 10.3 Å². The molecule has 1 N–H and O–H groups in total. The monoisotopic (exact) mass is 397 g/mol. The van der Waals surface area contributed by atoms with Gasteiger partial charge in [-0.25, -0.2) is 0 Å². The van der Waals surface area contributed by atoms with Gasteiger partial charge in [-0.3, -0.25) is 9.78 Å². The lowest BCUT2D eigenvalue weighted by Crippen LogP contribution is -2.34. The zero-order chi connectivity index (χ0) is 16.8. The smallest absolute Gasteiger partial charge is 0.253 e. The zero-order valence-electron chi connectivity index (χ0n) is 14.8. The Bertz CT molecular complexity index is 687. The first-order valence-corrected chi connectivity index (χ1v) is 8.37. The van der Waals surface area contributed by atoms with E-state index in [1.165, 1.54) is 0 Å². The average molecular weight is 398 g/mol. The number of carbonyl (C=O) groups excluding carboxylic acids is 1. The van der Waals surface area contributed by atoms with Crippen molar-refractivity contribution < 1.29 is 9.53 Å². The Hall–Kier alpha value is -1.82. The molecule has 1 amide bonds. The van der Waals surface area contributed by atoms with Crippen molar-refractivity contribution in [3.63, 3.8) is 0 Å². The van der Waals surface area contributed by atoms with Crippen LogP contribution in [0.3, 0.4) is 0 Å². The minimum Gasteiger partial charge on any atom is -0.487 e. The van der Waals surface area contributed by atoms with Crippen molar-refractivity contribution in [2.75, 3.05) is 26.2 Å². The molecule has 0 bridgehead atoms. The first-order valence-electron chi connectivity index (χ1n) is 8.37. The van der Waals surface area contributed by atoms with E-state index in [1.807, 2.05) is 48.2 Å². The molecule has 0 unspecified atom stereocenters. The fourth-order valence-corrected chi connectivity index (χ4v) is 2.73. The molecule has 2 aromatic rings. The van der Waals surface area contributed by atoms with Gasteiger partial charge in [-0.1, -0.05) is 12.1 Å². The number of benzene rings is 1. The molecule has 0 spiro atoms. The van der Waals surface area contributed by atoms with E-state index in [0.717, 1.165) is 55.2 Å². The van der Waals surface area contributed by atoms with E-state index < -0.39 is 0 Å².